The van der Waals surface area contributed by atoms with Crippen LogP contribution in [0.4, 0.5) is 0 Å². The molecule has 0 bridgehead atoms. The highest BCUT2D eigenvalue weighted by Gasteiger charge is 2.18. The van der Waals surface area contributed by atoms with Crippen molar-refractivity contribution in [1.82, 2.24) is 19.3 Å². The molecule has 0 fully saturated rings. The zero-order chi connectivity index (χ0) is 20.6. The van der Waals surface area contributed by atoms with E-state index >= 15 is 0 Å². The smallest absolute Gasteiger partial charge is 0.240 e. The standard InChI is InChI=1S/C20H21ClN4O3S/c1-13-5-3-6-15(11-13)28-10-4-9-22-29(26,27)16-7-8-17-18(12-16)25-20(23-17)19(21)14(2)24-25/h3,5-8,11-12,22,24H,4,9-10H2,1-2H3. The Kier molecular flexibility index (Phi) is 5.24. The topological polar surface area (TPSA) is 88.5 Å². The Morgan fingerprint density at radius 3 is 2.83 bits per heavy atom. The quantitative estimate of drug-likeness (QED) is 0.434. The Morgan fingerprint density at radius 1 is 1.21 bits per heavy atom. The largest absolute Gasteiger partial charge is 0.494 e. The van der Waals surface area contributed by atoms with E-state index in [4.69, 9.17) is 16.3 Å². The molecule has 2 N–H and O–H groups in total. The van der Waals surface area contributed by atoms with Crippen LogP contribution in [0.3, 0.4) is 0 Å². The van der Waals surface area contributed by atoms with Crippen molar-refractivity contribution in [1.29, 1.82) is 0 Å². The molecular formula is C20H21ClN4O3S. The van der Waals surface area contributed by atoms with Crippen LogP contribution in [0, 0.1) is 13.8 Å². The lowest BCUT2D eigenvalue weighted by atomic mass is 10.2. The van der Waals surface area contributed by atoms with Gasteiger partial charge < -0.3 is 4.74 Å². The van der Waals surface area contributed by atoms with Gasteiger partial charge in [0, 0.05) is 6.54 Å². The van der Waals surface area contributed by atoms with Crippen LogP contribution in [0.2, 0.25) is 5.02 Å². The number of rotatable bonds is 7. The van der Waals surface area contributed by atoms with Crippen LogP contribution in [0.1, 0.15) is 17.7 Å². The van der Waals surface area contributed by atoms with E-state index in [2.05, 4.69) is 14.8 Å². The van der Waals surface area contributed by atoms with Crippen molar-refractivity contribution in [2.75, 3.05) is 13.2 Å². The van der Waals surface area contributed by atoms with Gasteiger partial charge in [-0.1, -0.05) is 23.7 Å². The number of fused-ring (bicyclic) bond motifs is 3. The fourth-order valence-corrected chi connectivity index (χ4v) is 4.39. The van der Waals surface area contributed by atoms with E-state index in [1.54, 1.807) is 22.7 Å². The molecule has 2 heterocycles. The van der Waals surface area contributed by atoms with E-state index in [1.807, 2.05) is 38.1 Å². The summed E-state index contributed by atoms with van der Waals surface area (Å²) >= 11 is 6.24. The average Bonchev–Trinajstić information content (AvgIpc) is 3.17. The van der Waals surface area contributed by atoms with Gasteiger partial charge in [0.25, 0.3) is 0 Å². The van der Waals surface area contributed by atoms with Crippen molar-refractivity contribution in [2.24, 2.45) is 0 Å². The average molecular weight is 433 g/mol. The Bertz CT molecular complexity index is 1290. The van der Waals surface area contributed by atoms with Crippen LogP contribution < -0.4 is 9.46 Å². The molecule has 0 atom stereocenters. The normalized spacial score (nSPS) is 12.1. The maximum atomic E-state index is 12.7. The predicted octanol–water partition coefficient (Wildman–Crippen LogP) is 3.83. The van der Waals surface area contributed by atoms with Crippen LogP contribution in [-0.4, -0.2) is 36.2 Å². The number of ether oxygens (including phenoxy) is 1. The summed E-state index contributed by atoms with van der Waals surface area (Å²) in [5.41, 5.74) is 3.79. The SMILES string of the molecule is Cc1cccc(OCCCNS(=O)(=O)c2ccc3nc4c(Cl)c(C)[nH]n4c3c2)c1. The molecule has 4 rings (SSSR count). The van der Waals surface area contributed by atoms with Gasteiger partial charge >= 0.3 is 0 Å². The molecule has 152 valence electrons. The molecule has 2 aromatic carbocycles. The molecule has 0 radical (unpaired) electrons. The number of halogens is 1. The number of hydrogen-bond acceptors (Lipinski definition) is 4. The first-order chi connectivity index (χ1) is 13.8. The number of nitrogens with one attached hydrogen (secondary N) is 2. The molecule has 7 nitrogen and oxygen atoms in total. The van der Waals surface area contributed by atoms with E-state index < -0.39 is 10.0 Å². The lowest BCUT2D eigenvalue weighted by Crippen LogP contribution is -2.25. The highest BCUT2D eigenvalue weighted by atomic mass is 35.5. The molecule has 0 aliphatic rings. The molecule has 0 spiro atoms. The second-order valence-electron chi connectivity index (χ2n) is 6.89. The van der Waals surface area contributed by atoms with Gasteiger partial charge in [-0.2, -0.15) is 0 Å². The molecule has 0 saturated heterocycles. The second kappa shape index (κ2) is 7.70. The van der Waals surface area contributed by atoms with E-state index in [0.717, 1.165) is 17.0 Å². The number of aryl methyl sites for hydroxylation is 2. The van der Waals surface area contributed by atoms with Crippen molar-refractivity contribution in [3.8, 4) is 5.75 Å². The molecule has 4 aromatic rings. The summed E-state index contributed by atoms with van der Waals surface area (Å²) in [6.45, 7) is 4.54. The van der Waals surface area contributed by atoms with E-state index in [0.29, 0.717) is 34.7 Å². The van der Waals surface area contributed by atoms with Crippen molar-refractivity contribution >= 4 is 38.3 Å². The number of imidazole rings is 1. The van der Waals surface area contributed by atoms with Gasteiger partial charge in [-0.3, -0.25) is 5.10 Å². The summed E-state index contributed by atoms with van der Waals surface area (Å²) in [4.78, 5) is 4.62. The minimum atomic E-state index is -3.65. The number of nitrogens with zero attached hydrogens (tertiary/aromatic N) is 2. The van der Waals surface area contributed by atoms with Crippen molar-refractivity contribution < 1.29 is 13.2 Å². The van der Waals surface area contributed by atoms with Crippen LogP contribution in [0.5, 0.6) is 5.75 Å². The first-order valence-electron chi connectivity index (χ1n) is 9.20. The third-order valence-corrected chi connectivity index (χ3v) is 6.52. The monoisotopic (exact) mass is 432 g/mol. The highest BCUT2D eigenvalue weighted by Crippen LogP contribution is 2.26. The van der Waals surface area contributed by atoms with Gasteiger partial charge in [-0.25, -0.2) is 22.6 Å². The van der Waals surface area contributed by atoms with Gasteiger partial charge in [-0.05, 0) is 56.2 Å². The molecule has 0 aliphatic carbocycles. The molecule has 0 unspecified atom stereocenters. The van der Waals surface area contributed by atoms with E-state index in [1.165, 1.54) is 0 Å². The number of benzene rings is 2. The Balaban J connectivity index is 1.43. The minimum Gasteiger partial charge on any atom is -0.494 e. The van der Waals surface area contributed by atoms with Crippen LogP contribution >= 0.6 is 11.6 Å². The summed E-state index contributed by atoms with van der Waals surface area (Å²) in [5, 5.41) is 3.62. The van der Waals surface area contributed by atoms with Gasteiger partial charge in [0.05, 0.1) is 28.2 Å². The number of H-pyrrole nitrogens is 1. The third-order valence-electron chi connectivity index (χ3n) is 4.61. The summed E-state index contributed by atoms with van der Waals surface area (Å²) in [5.74, 6) is 0.781. The van der Waals surface area contributed by atoms with Gasteiger partial charge in [0.2, 0.25) is 10.0 Å². The number of sulfonamides is 1. The van der Waals surface area contributed by atoms with Gasteiger partial charge in [0.1, 0.15) is 10.8 Å². The van der Waals surface area contributed by atoms with Crippen LogP contribution in [0.15, 0.2) is 47.4 Å². The summed E-state index contributed by atoms with van der Waals surface area (Å²) in [6.07, 6.45) is 0.553. The van der Waals surface area contributed by atoms with Crippen LogP contribution in [-0.2, 0) is 10.0 Å². The summed E-state index contributed by atoms with van der Waals surface area (Å²) in [6, 6.07) is 12.6. The zero-order valence-corrected chi connectivity index (χ0v) is 17.6. The molecule has 0 aliphatic heterocycles. The van der Waals surface area contributed by atoms with E-state index in [9.17, 15) is 8.42 Å². The zero-order valence-electron chi connectivity index (χ0n) is 16.1. The minimum absolute atomic E-state index is 0.176. The van der Waals surface area contributed by atoms with Crippen molar-refractivity contribution in [2.45, 2.75) is 25.2 Å². The lowest BCUT2D eigenvalue weighted by molar-refractivity contribution is 0.311. The molecular weight excluding hydrogens is 412 g/mol. The Hall–Kier alpha value is -2.55. The maximum absolute atomic E-state index is 12.7. The fourth-order valence-electron chi connectivity index (χ4n) is 3.12. The number of hydrogen-bond donors (Lipinski definition) is 2. The van der Waals surface area contributed by atoms with Gasteiger partial charge in [-0.15, -0.1) is 0 Å². The Labute approximate surface area is 173 Å². The van der Waals surface area contributed by atoms with E-state index in [-0.39, 0.29) is 11.4 Å². The molecule has 0 amide bonds. The highest BCUT2D eigenvalue weighted by molar-refractivity contribution is 7.89. The van der Waals surface area contributed by atoms with Crippen LogP contribution in [0.25, 0.3) is 16.7 Å². The van der Waals surface area contributed by atoms with Crippen molar-refractivity contribution in [3.63, 3.8) is 0 Å². The molecule has 2 aromatic heterocycles. The van der Waals surface area contributed by atoms with Gasteiger partial charge in [0.15, 0.2) is 5.65 Å². The maximum Gasteiger partial charge on any atom is 0.240 e. The second-order valence-corrected chi connectivity index (χ2v) is 9.03. The number of aromatic nitrogens is 3. The third kappa shape index (κ3) is 3.96. The predicted molar refractivity (Wildman–Crippen MR) is 113 cm³/mol. The number of aromatic amines is 1. The van der Waals surface area contributed by atoms with Crippen molar-refractivity contribution in [3.05, 3.63) is 58.7 Å². The fraction of sp³-hybridized carbons (Fsp3) is 0.250. The lowest BCUT2D eigenvalue weighted by Gasteiger charge is -2.09. The molecule has 0 saturated carbocycles. The summed E-state index contributed by atoms with van der Waals surface area (Å²) in [7, 11) is -3.65. The first-order valence-corrected chi connectivity index (χ1v) is 11.1. The summed E-state index contributed by atoms with van der Waals surface area (Å²) < 4.78 is 35.3. The first kappa shape index (κ1) is 19.8. The Morgan fingerprint density at radius 2 is 2.03 bits per heavy atom. The molecule has 9 heteroatoms. The molecule has 29 heavy (non-hydrogen) atoms.